The molecule has 0 saturated carbocycles. The Balaban J connectivity index is 0.983. The average molecular weight is 1400 g/mol. The number of carbonyl (C=O) groups is 9. The molecule has 1 unspecified atom stereocenters. The minimum Gasteiger partial charge on any atom is -0.480 e. The lowest BCUT2D eigenvalue weighted by molar-refractivity contribution is -0.140. The number of carbonyl (C=O) groups excluding carboxylic acids is 5. The zero-order valence-electron chi connectivity index (χ0n) is 55.0. The maximum Gasteiger partial charge on any atom is 0.317 e. The second-order valence-corrected chi connectivity index (χ2v) is 24.1. The van der Waals surface area contributed by atoms with Gasteiger partial charge in [-0.1, -0.05) is 0 Å². The van der Waals surface area contributed by atoms with E-state index in [9.17, 15) is 88.8 Å². The standard InChI is InChI=1S/C63H87N19O18/c64-63-73-59-58(62(100)74-63)70-47(32-66-59)31-65-42-3-1-41(2-4-42)60(98)72-48(61(99)71-46-11-9-45(10-12-46)69-51(85)34-76-17-21-79(37-54(90)91)25-29-82(40-57(96)97)30-26-80(22-18-76)38-55(92)93)13-14-49(83)67-43-5-7-44(8-6-43)68-50(84)33-75-15-19-77(35-52(86)87)23-27-81(39-56(94)95)28-24-78(20-16-75)36-53(88)89/h1-12,32,48,52,54,65,86-87,90-91H,13-31,33-40H2,(H,67,83)(H,68,84)(H,69,85)(H,71,99)(H,72,98)(H,88,89)(H,92,93)(H,94,95)(H,96,97)(H3,64,66,73,74,100). The summed E-state index contributed by atoms with van der Waals surface area (Å²) in [6.07, 6.45) is -2.43. The number of hydrogen-bond acceptors (Lipinski definition) is 27. The molecule has 542 valence electrons. The van der Waals surface area contributed by atoms with Crippen LogP contribution in [0.2, 0.25) is 0 Å². The number of rotatable bonds is 29. The second-order valence-electron chi connectivity index (χ2n) is 24.1. The van der Waals surface area contributed by atoms with Crippen LogP contribution in [0.4, 0.5) is 34.4 Å². The fourth-order valence-electron chi connectivity index (χ4n) is 11.0. The Bertz CT molecular complexity index is 3630. The van der Waals surface area contributed by atoms with E-state index in [2.05, 4.69) is 51.8 Å². The van der Waals surface area contributed by atoms with Crippen LogP contribution in [0.5, 0.6) is 0 Å². The maximum atomic E-state index is 14.2. The van der Waals surface area contributed by atoms with Gasteiger partial charge in [-0.15, -0.1) is 0 Å². The molecule has 2 saturated heterocycles. The molecule has 0 bridgehead atoms. The van der Waals surface area contributed by atoms with Gasteiger partial charge in [-0.2, -0.15) is 4.98 Å². The van der Waals surface area contributed by atoms with Crippen LogP contribution in [-0.2, 0) is 44.9 Å². The van der Waals surface area contributed by atoms with Gasteiger partial charge >= 0.3 is 23.9 Å². The number of aliphatic carboxylic acids is 4. The molecule has 1 atom stereocenters. The molecule has 4 heterocycles. The predicted molar refractivity (Wildman–Crippen MR) is 363 cm³/mol. The van der Waals surface area contributed by atoms with Crippen molar-refractivity contribution in [1.82, 2.24) is 64.5 Å². The molecule has 2 aromatic heterocycles. The Hall–Kier alpha value is -9.77. The number of anilines is 6. The highest BCUT2D eigenvalue weighted by molar-refractivity contribution is 6.02. The molecule has 5 amide bonds. The van der Waals surface area contributed by atoms with Crippen LogP contribution in [0.3, 0.4) is 0 Å². The van der Waals surface area contributed by atoms with Crippen molar-refractivity contribution >= 4 is 99.0 Å². The number of aliphatic hydroxyl groups is 4. The smallest absolute Gasteiger partial charge is 0.317 e. The minimum absolute atomic E-state index is 0.00670. The molecule has 2 aliphatic rings. The monoisotopic (exact) mass is 1400 g/mol. The molecule has 3 aromatic carbocycles. The number of nitrogens with zero attached hydrogens (tertiary/aromatic N) is 11. The molecule has 2 aliphatic heterocycles. The lowest BCUT2D eigenvalue weighted by Gasteiger charge is -2.33. The fraction of sp³-hybridized carbons (Fsp3) is 0.476. The van der Waals surface area contributed by atoms with Crippen LogP contribution in [0, 0.1) is 0 Å². The van der Waals surface area contributed by atoms with Gasteiger partial charge in [0.1, 0.15) is 6.04 Å². The number of carboxylic acids is 4. The van der Waals surface area contributed by atoms with Crippen molar-refractivity contribution in [3.63, 3.8) is 0 Å². The largest absolute Gasteiger partial charge is 0.480 e. The summed E-state index contributed by atoms with van der Waals surface area (Å²) in [6.45, 7) is 2.18. The molecular weight excluding hydrogens is 1310 g/mol. The molecule has 37 nitrogen and oxygen atoms in total. The van der Waals surface area contributed by atoms with E-state index < -0.39 is 77.6 Å². The number of carboxylic acid groups (broad SMARTS) is 4. The molecule has 2 fully saturated rings. The van der Waals surface area contributed by atoms with Gasteiger partial charge in [0, 0.05) is 158 Å². The number of nitrogens with one attached hydrogen (secondary N) is 7. The second kappa shape index (κ2) is 39.1. The molecule has 0 spiro atoms. The van der Waals surface area contributed by atoms with Crippen LogP contribution in [0.15, 0.2) is 83.8 Å². The van der Waals surface area contributed by atoms with E-state index >= 15 is 0 Å². The highest BCUT2D eigenvalue weighted by Gasteiger charge is 2.27. The van der Waals surface area contributed by atoms with E-state index in [4.69, 9.17) is 5.73 Å². The quantitative estimate of drug-likeness (QED) is 0.0205. The first-order valence-corrected chi connectivity index (χ1v) is 32.2. The first kappa shape index (κ1) is 77.6. The highest BCUT2D eigenvalue weighted by Crippen LogP contribution is 2.19. The van der Waals surface area contributed by atoms with Crippen LogP contribution in [0.25, 0.3) is 11.2 Å². The molecule has 37 heteroatoms. The van der Waals surface area contributed by atoms with E-state index in [1.807, 2.05) is 0 Å². The lowest BCUT2D eigenvalue weighted by atomic mass is 10.1. The number of aromatic amines is 1. The van der Waals surface area contributed by atoms with Crippen molar-refractivity contribution in [1.29, 1.82) is 0 Å². The number of benzene rings is 3. The number of hydrogen-bond donors (Lipinski definition) is 16. The summed E-state index contributed by atoms with van der Waals surface area (Å²) in [6, 6.07) is 17.2. The third-order valence-corrected chi connectivity index (χ3v) is 16.1. The van der Waals surface area contributed by atoms with Crippen molar-refractivity contribution in [3.8, 4) is 0 Å². The zero-order chi connectivity index (χ0) is 72.3. The Labute approximate surface area is 573 Å². The van der Waals surface area contributed by atoms with Gasteiger partial charge in [0.2, 0.25) is 29.6 Å². The third-order valence-electron chi connectivity index (χ3n) is 16.1. The number of H-pyrrole nitrogens is 1. The number of nitrogens with two attached hydrogens (primary N) is 1. The molecule has 0 aliphatic carbocycles. The van der Waals surface area contributed by atoms with Crippen molar-refractivity contribution in [2.45, 2.75) is 38.0 Å². The van der Waals surface area contributed by atoms with E-state index in [1.54, 1.807) is 75.6 Å². The number of fused-ring (bicyclic) bond motifs is 1. The van der Waals surface area contributed by atoms with Gasteiger partial charge in [-0.3, -0.25) is 92.1 Å². The van der Waals surface area contributed by atoms with Crippen LogP contribution >= 0.6 is 0 Å². The Kier molecular flexibility index (Phi) is 30.4. The summed E-state index contributed by atoms with van der Waals surface area (Å²) in [4.78, 5) is 157. The molecule has 5 aromatic rings. The summed E-state index contributed by atoms with van der Waals surface area (Å²) >= 11 is 0. The first-order chi connectivity index (χ1) is 47.7. The maximum absolute atomic E-state index is 14.2. The fourth-order valence-corrected chi connectivity index (χ4v) is 11.0. The zero-order valence-corrected chi connectivity index (χ0v) is 55.0. The van der Waals surface area contributed by atoms with Crippen LogP contribution < -0.4 is 43.2 Å². The van der Waals surface area contributed by atoms with Crippen molar-refractivity contribution in [3.05, 3.63) is 101 Å². The van der Waals surface area contributed by atoms with Gasteiger partial charge < -0.3 is 78.5 Å². The van der Waals surface area contributed by atoms with Crippen LogP contribution in [-0.4, -0.2) is 329 Å². The van der Waals surface area contributed by atoms with Gasteiger partial charge in [0.15, 0.2) is 23.7 Å². The van der Waals surface area contributed by atoms with Gasteiger partial charge in [0.05, 0.1) is 57.7 Å². The summed E-state index contributed by atoms with van der Waals surface area (Å²) in [7, 11) is 0. The summed E-state index contributed by atoms with van der Waals surface area (Å²) in [5, 5.41) is 94.5. The van der Waals surface area contributed by atoms with Crippen molar-refractivity contribution in [2.75, 3.05) is 189 Å². The Morgan fingerprint density at radius 3 is 1.19 bits per heavy atom. The number of amides is 5. The number of aromatic nitrogens is 4. The SMILES string of the molecule is Nc1nc2ncc(CNc3ccc(C(=O)NC(CCC(=O)Nc4ccc(NC(=O)CN5CCN(CC(=O)O)CCN(CC(=O)O)CCN(CC(O)O)CC5)cc4)C(=O)Nc4ccc(NC(=O)CN5CCN(CC(=O)O)CCN(CC(=O)O)CCN(CC(O)O)CC5)cc4)cc3)nc2c(=O)[nH]1. The minimum atomic E-state index is -1.69. The van der Waals surface area contributed by atoms with Gasteiger partial charge in [-0.25, -0.2) is 9.97 Å². The average Bonchev–Trinajstić information content (AvgIpc) is 0.815. The predicted octanol–water partition coefficient (Wildman–Crippen LogP) is -3.66. The molecular formula is C63H87N19O18. The van der Waals surface area contributed by atoms with Crippen molar-refractivity contribution < 1.29 is 84.0 Å². The van der Waals surface area contributed by atoms with Gasteiger partial charge in [-0.05, 0) is 79.2 Å². The van der Waals surface area contributed by atoms with E-state index in [0.717, 1.165) is 0 Å². The van der Waals surface area contributed by atoms with E-state index in [0.29, 0.717) is 28.4 Å². The number of β-amino-alcohol motifs (C(OH)–C–C–N with tert-alkyl or cyclic N) is 4. The lowest BCUT2D eigenvalue weighted by Crippen LogP contribution is -2.49. The summed E-state index contributed by atoms with van der Waals surface area (Å²) in [5.41, 5.74) is 7.52. The Morgan fingerprint density at radius 2 is 0.810 bits per heavy atom. The molecule has 0 radical (unpaired) electrons. The third kappa shape index (κ3) is 27.9. The van der Waals surface area contributed by atoms with E-state index in [-0.39, 0.29) is 205 Å². The molecule has 100 heavy (non-hydrogen) atoms. The first-order valence-electron chi connectivity index (χ1n) is 32.2. The summed E-state index contributed by atoms with van der Waals surface area (Å²) in [5.74, 6) is -7.19. The van der Waals surface area contributed by atoms with Crippen LogP contribution in [0.1, 0.15) is 28.9 Å². The van der Waals surface area contributed by atoms with Crippen molar-refractivity contribution in [2.24, 2.45) is 0 Å². The molecule has 7 rings (SSSR count). The summed E-state index contributed by atoms with van der Waals surface area (Å²) < 4.78 is 0. The van der Waals surface area contributed by atoms with E-state index in [1.165, 1.54) is 42.6 Å². The van der Waals surface area contributed by atoms with Gasteiger partial charge in [0.25, 0.3) is 11.5 Å². The molecule has 17 N–H and O–H groups in total. The number of aliphatic hydroxyl groups excluding tert-OH is 2. The highest BCUT2D eigenvalue weighted by atomic mass is 16.5. The topological polar surface area (TPSA) is 511 Å². The Morgan fingerprint density at radius 1 is 0.460 bits per heavy atom. The normalized spacial score (nSPS) is 16.4. The number of nitrogen functional groups attached to an aromatic ring is 1.